The van der Waals surface area contributed by atoms with Crippen molar-refractivity contribution in [2.75, 3.05) is 5.32 Å². The summed E-state index contributed by atoms with van der Waals surface area (Å²) in [4.78, 5) is 12.3. The number of anilines is 1. The Bertz CT molecular complexity index is 587. The maximum absolute atomic E-state index is 12.3. The van der Waals surface area contributed by atoms with Crippen LogP contribution in [0.3, 0.4) is 0 Å². The summed E-state index contributed by atoms with van der Waals surface area (Å²) in [5.74, 6) is 0.475. The predicted octanol–water partition coefficient (Wildman–Crippen LogP) is 2.40. The van der Waals surface area contributed by atoms with Crippen molar-refractivity contribution in [3.05, 3.63) is 18.4 Å². The van der Waals surface area contributed by atoms with Crippen LogP contribution in [0.4, 0.5) is 5.13 Å². The molecular weight excluding hydrogens is 276 g/mol. The molecule has 0 saturated heterocycles. The van der Waals surface area contributed by atoms with Crippen molar-refractivity contribution in [2.24, 2.45) is 5.73 Å². The quantitative estimate of drug-likeness (QED) is 0.906. The molecular formula is C13H16N4O2S. The van der Waals surface area contributed by atoms with Crippen LogP contribution in [0.15, 0.2) is 22.8 Å². The van der Waals surface area contributed by atoms with Crippen molar-refractivity contribution >= 4 is 22.4 Å². The van der Waals surface area contributed by atoms with Crippen LogP contribution in [-0.2, 0) is 4.79 Å². The van der Waals surface area contributed by atoms with Crippen molar-refractivity contribution in [3.63, 3.8) is 0 Å². The first-order chi connectivity index (χ1) is 9.67. The molecule has 1 aliphatic carbocycles. The highest BCUT2D eigenvalue weighted by atomic mass is 32.1. The number of nitrogens with one attached hydrogen (secondary N) is 1. The second-order valence-electron chi connectivity index (χ2n) is 5.06. The highest BCUT2D eigenvalue weighted by Gasteiger charge is 2.35. The van der Waals surface area contributed by atoms with E-state index in [0.717, 1.165) is 32.1 Å². The fourth-order valence-corrected chi connectivity index (χ4v) is 3.11. The van der Waals surface area contributed by atoms with E-state index < -0.39 is 5.54 Å². The summed E-state index contributed by atoms with van der Waals surface area (Å²) in [5, 5.41) is 11.8. The molecule has 0 unspecified atom stereocenters. The molecule has 0 bridgehead atoms. The fourth-order valence-electron chi connectivity index (χ4n) is 2.40. The first-order valence-corrected chi connectivity index (χ1v) is 7.47. The zero-order chi connectivity index (χ0) is 14.0. The summed E-state index contributed by atoms with van der Waals surface area (Å²) in [5.41, 5.74) is 5.41. The summed E-state index contributed by atoms with van der Waals surface area (Å²) >= 11 is 1.28. The molecule has 6 nitrogen and oxygen atoms in total. The number of nitrogens with zero attached hydrogens (tertiary/aromatic N) is 2. The Hall–Kier alpha value is -1.73. The molecule has 0 atom stereocenters. The van der Waals surface area contributed by atoms with Crippen LogP contribution in [0.25, 0.3) is 10.8 Å². The van der Waals surface area contributed by atoms with E-state index in [1.807, 2.05) is 0 Å². The molecule has 0 spiro atoms. The molecule has 3 rings (SSSR count). The van der Waals surface area contributed by atoms with E-state index in [9.17, 15) is 4.79 Å². The molecule has 2 aromatic heterocycles. The number of nitrogens with two attached hydrogens (primary N) is 1. The number of amides is 1. The van der Waals surface area contributed by atoms with Gasteiger partial charge in [-0.1, -0.05) is 30.6 Å². The van der Waals surface area contributed by atoms with Gasteiger partial charge in [-0.3, -0.25) is 10.1 Å². The van der Waals surface area contributed by atoms with Gasteiger partial charge in [0.05, 0.1) is 11.8 Å². The van der Waals surface area contributed by atoms with Crippen molar-refractivity contribution in [1.29, 1.82) is 0 Å². The molecule has 3 N–H and O–H groups in total. The predicted molar refractivity (Wildman–Crippen MR) is 76.2 cm³/mol. The van der Waals surface area contributed by atoms with Crippen molar-refractivity contribution < 1.29 is 9.21 Å². The Morgan fingerprint density at radius 2 is 2.15 bits per heavy atom. The van der Waals surface area contributed by atoms with Gasteiger partial charge in [-0.2, -0.15) is 0 Å². The van der Waals surface area contributed by atoms with Crippen LogP contribution in [0.5, 0.6) is 0 Å². The van der Waals surface area contributed by atoms with Gasteiger partial charge in [0, 0.05) is 0 Å². The highest BCUT2D eigenvalue weighted by molar-refractivity contribution is 7.18. The molecule has 2 heterocycles. The van der Waals surface area contributed by atoms with Crippen LogP contribution in [0.2, 0.25) is 0 Å². The number of aromatic nitrogens is 2. The molecule has 1 fully saturated rings. The molecule has 0 radical (unpaired) electrons. The van der Waals surface area contributed by atoms with Crippen LogP contribution >= 0.6 is 11.3 Å². The zero-order valence-corrected chi connectivity index (χ0v) is 11.8. The van der Waals surface area contributed by atoms with Crippen LogP contribution in [0, 0.1) is 0 Å². The number of rotatable bonds is 3. The van der Waals surface area contributed by atoms with Gasteiger partial charge in [-0.15, -0.1) is 10.2 Å². The van der Waals surface area contributed by atoms with Gasteiger partial charge in [-0.05, 0) is 25.0 Å². The number of hydrogen-bond acceptors (Lipinski definition) is 6. The second-order valence-corrected chi connectivity index (χ2v) is 6.04. The van der Waals surface area contributed by atoms with E-state index in [0.29, 0.717) is 15.9 Å². The Labute approximate surface area is 120 Å². The van der Waals surface area contributed by atoms with Crippen molar-refractivity contribution in [3.8, 4) is 10.8 Å². The van der Waals surface area contributed by atoms with Gasteiger partial charge in [-0.25, -0.2) is 0 Å². The molecule has 0 aliphatic heterocycles. The maximum atomic E-state index is 12.3. The largest absolute Gasteiger partial charge is 0.462 e. The average Bonchev–Trinajstić information content (AvgIpc) is 3.09. The summed E-state index contributed by atoms with van der Waals surface area (Å²) in [7, 11) is 0. The van der Waals surface area contributed by atoms with Crippen molar-refractivity contribution in [1.82, 2.24) is 10.2 Å². The van der Waals surface area contributed by atoms with E-state index in [2.05, 4.69) is 15.5 Å². The SMILES string of the molecule is NC1(C(=O)Nc2nnc(-c3ccco3)s2)CCCCC1. The standard InChI is InChI=1S/C13H16N4O2S/c14-13(6-2-1-3-7-13)11(18)15-12-17-16-10(20-12)9-5-4-8-19-9/h4-5,8H,1-3,6-7,14H2,(H,15,17,18). The summed E-state index contributed by atoms with van der Waals surface area (Å²) < 4.78 is 5.24. The van der Waals surface area contributed by atoms with Crippen molar-refractivity contribution in [2.45, 2.75) is 37.6 Å². The molecule has 2 aromatic rings. The van der Waals surface area contributed by atoms with Gasteiger partial charge in [0.25, 0.3) is 0 Å². The van der Waals surface area contributed by atoms with E-state index in [-0.39, 0.29) is 5.91 Å². The minimum Gasteiger partial charge on any atom is -0.462 e. The van der Waals surface area contributed by atoms with E-state index in [4.69, 9.17) is 10.2 Å². The van der Waals surface area contributed by atoms with Gasteiger partial charge in [0.1, 0.15) is 0 Å². The lowest BCUT2D eigenvalue weighted by Gasteiger charge is -2.31. The topological polar surface area (TPSA) is 94.0 Å². The lowest BCUT2D eigenvalue weighted by molar-refractivity contribution is -0.122. The summed E-state index contributed by atoms with van der Waals surface area (Å²) in [6.07, 6.45) is 6.17. The smallest absolute Gasteiger partial charge is 0.246 e. The first kappa shape index (κ1) is 13.3. The Kier molecular flexibility index (Phi) is 3.54. The molecule has 1 saturated carbocycles. The lowest BCUT2D eigenvalue weighted by atomic mass is 9.82. The highest BCUT2D eigenvalue weighted by Crippen LogP contribution is 2.30. The second kappa shape index (κ2) is 5.34. The fraction of sp³-hybridized carbons (Fsp3) is 0.462. The Morgan fingerprint density at radius 3 is 2.85 bits per heavy atom. The van der Waals surface area contributed by atoms with Gasteiger partial charge >= 0.3 is 0 Å². The van der Waals surface area contributed by atoms with Gasteiger partial charge in [0.2, 0.25) is 11.0 Å². The third-order valence-electron chi connectivity index (χ3n) is 3.58. The number of carbonyl (C=O) groups is 1. The third-order valence-corrected chi connectivity index (χ3v) is 4.43. The maximum Gasteiger partial charge on any atom is 0.246 e. The number of hydrogen-bond donors (Lipinski definition) is 2. The average molecular weight is 292 g/mol. The molecule has 1 amide bonds. The summed E-state index contributed by atoms with van der Waals surface area (Å²) in [6.45, 7) is 0. The van der Waals surface area contributed by atoms with E-state index >= 15 is 0 Å². The Morgan fingerprint density at radius 1 is 1.35 bits per heavy atom. The molecule has 20 heavy (non-hydrogen) atoms. The van der Waals surface area contributed by atoms with E-state index in [1.165, 1.54) is 11.3 Å². The number of carbonyl (C=O) groups excluding carboxylic acids is 1. The number of furan rings is 1. The minimum absolute atomic E-state index is 0.167. The lowest BCUT2D eigenvalue weighted by Crippen LogP contribution is -2.52. The molecule has 0 aromatic carbocycles. The first-order valence-electron chi connectivity index (χ1n) is 6.65. The minimum atomic E-state index is -0.769. The molecule has 1 aliphatic rings. The Balaban J connectivity index is 1.70. The monoisotopic (exact) mass is 292 g/mol. The third kappa shape index (κ3) is 2.59. The zero-order valence-electron chi connectivity index (χ0n) is 11.0. The molecule has 106 valence electrons. The van der Waals surface area contributed by atoms with Crippen LogP contribution in [-0.4, -0.2) is 21.6 Å². The van der Waals surface area contributed by atoms with Crippen LogP contribution < -0.4 is 11.1 Å². The molecule has 7 heteroatoms. The normalized spacial score (nSPS) is 17.9. The van der Waals surface area contributed by atoms with Gasteiger partial charge < -0.3 is 10.2 Å². The summed E-state index contributed by atoms with van der Waals surface area (Å²) in [6, 6.07) is 3.59. The van der Waals surface area contributed by atoms with E-state index in [1.54, 1.807) is 18.4 Å². The van der Waals surface area contributed by atoms with Crippen LogP contribution in [0.1, 0.15) is 32.1 Å². The van der Waals surface area contributed by atoms with Gasteiger partial charge in [0.15, 0.2) is 10.8 Å².